The number of aryl methyl sites for hydroxylation is 2. The summed E-state index contributed by atoms with van der Waals surface area (Å²) in [6.45, 7) is 25.2. The van der Waals surface area contributed by atoms with Crippen molar-refractivity contribution in [2.45, 2.75) is 144 Å². The molecule has 0 unspecified atom stereocenters. The van der Waals surface area contributed by atoms with Crippen LogP contribution in [0.2, 0.25) is 0 Å². The Bertz CT molecular complexity index is 4570. The minimum absolute atomic E-state index is 0.0281. The van der Waals surface area contributed by atoms with E-state index in [0.29, 0.717) is 40.3 Å². The molecule has 2 aromatic carbocycles. The molecule has 0 spiro atoms. The first kappa shape index (κ1) is 69.9. The Morgan fingerprint density at radius 2 is 1.09 bits per heavy atom. The van der Waals surface area contributed by atoms with E-state index in [2.05, 4.69) is 15.0 Å². The monoisotopic (exact) mass is 1340 g/mol. The fourth-order valence-electron chi connectivity index (χ4n) is 12.8. The molecule has 0 radical (unpaired) electrons. The highest BCUT2D eigenvalue weighted by Crippen LogP contribution is 2.46. The lowest BCUT2D eigenvalue weighted by atomic mass is 10.0. The number of ether oxygens (including phenoxy) is 5. The van der Waals surface area contributed by atoms with Gasteiger partial charge in [0.15, 0.2) is 22.9 Å². The number of hydrogen-bond donors (Lipinski definition) is 1. The van der Waals surface area contributed by atoms with Gasteiger partial charge in [0.1, 0.15) is 58.0 Å². The van der Waals surface area contributed by atoms with Crippen LogP contribution in [0.15, 0.2) is 82.6 Å². The number of hydrogen-bond acceptors (Lipinski definition) is 18. The van der Waals surface area contributed by atoms with Crippen LogP contribution in [0.5, 0.6) is 17.2 Å². The lowest BCUT2D eigenvalue weighted by molar-refractivity contribution is -0.385. The molecule has 8 aromatic rings. The molecule has 97 heavy (non-hydrogen) atoms. The van der Waals surface area contributed by atoms with Crippen molar-refractivity contribution in [2.75, 3.05) is 63.4 Å². The number of methoxy groups -OCH3 is 2. The Labute approximate surface area is 557 Å². The molecule has 1 N–H and O–H groups in total. The van der Waals surface area contributed by atoms with Crippen molar-refractivity contribution in [1.29, 1.82) is 0 Å². The Kier molecular flexibility index (Phi) is 19.4. The first-order valence-corrected chi connectivity index (χ1v) is 31.8. The van der Waals surface area contributed by atoms with E-state index in [0.717, 1.165) is 22.3 Å². The molecular weight excluding hydrogens is 1260 g/mol. The number of pyridine rings is 6. The molecule has 514 valence electrons. The number of aromatic nitrogens is 6. The summed E-state index contributed by atoms with van der Waals surface area (Å²) in [7, 11) is 2.66. The number of amides is 2. The summed E-state index contributed by atoms with van der Waals surface area (Å²) in [5.41, 5.74) is -2.25. The number of rotatable bonds is 11. The van der Waals surface area contributed by atoms with Crippen molar-refractivity contribution in [1.82, 2.24) is 38.9 Å². The summed E-state index contributed by atoms with van der Waals surface area (Å²) < 4.78 is 94.0. The van der Waals surface area contributed by atoms with Crippen LogP contribution in [-0.4, -0.2) is 150 Å². The van der Waals surface area contributed by atoms with E-state index in [1.807, 2.05) is 67.2 Å². The van der Waals surface area contributed by atoms with Gasteiger partial charge in [-0.15, -0.1) is 0 Å². The number of carbonyl (C=O) groups is 2. The molecule has 4 atom stereocenters. The summed E-state index contributed by atoms with van der Waals surface area (Å²) >= 11 is 0. The third-order valence-corrected chi connectivity index (χ3v) is 17.1. The topological polar surface area (TPSA) is 252 Å². The van der Waals surface area contributed by atoms with Crippen LogP contribution >= 0.6 is 0 Å². The van der Waals surface area contributed by atoms with Gasteiger partial charge in [0.2, 0.25) is 5.75 Å². The molecule has 23 nitrogen and oxygen atoms in total. The molecule has 0 saturated carbocycles. The van der Waals surface area contributed by atoms with Gasteiger partial charge in [-0.2, -0.15) is 0 Å². The fraction of sp³-hybridized carbons (Fsp3) is 0.429. The van der Waals surface area contributed by atoms with Crippen molar-refractivity contribution in [3.8, 4) is 51.1 Å². The average Bonchev–Trinajstić information content (AvgIpc) is 0.722. The van der Waals surface area contributed by atoms with E-state index in [1.165, 1.54) is 65.0 Å². The fourth-order valence-corrected chi connectivity index (χ4v) is 12.8. The number of aliphatic hydroxyl groups excluding tert-OH is 1. The van der Waals surface area contributed by atoms with Gasteiger partial charge in [0, 0.05) is 56.0 Å². The maximum Gasteiger partial charge on any atom is 0.410 e. The third-order valence-electron chi connectivity index (χ3n) is 17.1. The van der Waals surface area contributed by atoms with Crippen LogP contribution < -0.4 is 35.1 Å². The first-order valence-electron chi connectivity index (χ1n) is 31.8. The predicted octanol–water partition coefficient (Wildman–Crippen LogP) is 12.3. The van der Waals surface area contributed by atoms with Crippen molar-refractivity contribution >= 4 is 51.3 Å². The normalized spacial score (nSPS) is 17.2. The van der Waals surface area contributed by atoms with E-state index in [-0.39, 0.29) is 112 Å². The maximum atomic E-state index is 16.4. The molecule has 11 rings (SSSR count). The van der Waals surface area contributed by atoms with Crippen LogP contribution in [0.25, 0.3) is 56.0 Å². The standard InChI is InChI=1S/C35H40F2N6O7.C35H39F2N5O5/c1-18(2)27-29(19(3)12-13-38-27)42-32-22(14-24(37)28(39-32)26-23(36)10-9-11-25(26)49-8)30(31(33(42)45)43(47)48)41-15-20(4)40(16-21(41)17-44)34(46)50-35(5,6)7;1-18(2)27-29(19(3)12-13-38-27)42-32-22(14-24(37)28(39-32)26-23(36)10-9-11-25(26)45-8)30-31(33(42)43)46-17-21-16-40(20(4)15-41(21)30)34(44)47-35(5,6)7/h9-14,18,20-21,44H,15-17H2,1-8H3;9-14,18,20-21H,15-17H2,1-8H3/t2*20-,21-/m11/s1. The number of nitro groups is 1. The molecule has 3 aliphatic rings. The molecule has 6 aromatic heterocycles. The molecule has 2 amide bonds. The first-order chi connectivity index (χ1) is 45.7. The van der Waals surface area contributed by atoms with Crippen molar-refractivity contribution in [3.05, 3.63) is 150 Å². The molecule has 2 saturated heterocycles. The van der Waals surface area contributed by atoms with Gasteiger partial charge in [0.25, 0.3) is 0 Å². The number of nitrogens with zero attached hydrogens (tertiary/aromatic N) is 11. The second-order valence-corrected chi connectivity index (χ2v) is 27.0. The second-order valence-electron chi connectivity index (χ2n) is 27.0. The zero-order chi connectivity index (χ0) is 70.8. The summed E-state index contributed by atoms with van der Waals surface area (Å²) in [6, 6.07) is 11.5. The Morgan fingerprint density at radius 1 is 0.649 bits per heavy atom. The SMILES string of the molecule is COc1cccc(F)c1-c1nc2c(cc1F)c(N1C[C@@H](C)N(C(=O)OC(C)(C)C)C[C@@H]1CO)c([N+](=O)[O-])c(=O)n2-c1c(C)ccnc1C(C)C.COc1cccc(F)c1-c1nc2c(cc1F)c1c(c(=O)n2-c2c(C)ccnc2C(C)C)OC[C@H]2CN(C(=O)OC(C)(C)C)[C@H](C)CN12. The molecule has 3 aliphatic heterocycles. The molecular formula is C70H79F4N11O12. The predicted molar refractivity (Wildman–Crippen MR) is 358 cm³/mol. The number of fused-ring (bicyclic) bond motifs is 6. The van der Waals surface area contributed by atoms with Gasteiger partial charge >= 0.3 is 29.0 Å². The number of carbonyl (C=O) groups excluding carboxylic acids is 2. The number of benzene rings is 2. The van der Waals surface area contributed by atoms with Gasteiger partial charge in [0.05, 0.1) is 82.8 Å². The molecule has 2 fully saturated rings. The average molecular weight is 1340 g/mol. The van der Waals surface area contributed by atoms with E-state index in [1.54, 1.807) is 64.0 Å². The van der Waals surface area contributed by atoms with Crippen LogP contribution in [0.1, 0.15) is 117 Å². The van der Waals surface area contributed by atoms with E-state index in [9.17, 15) is 34.4 Å². The lowest BCUT2D eigenvalue weighted by Gasteiger charge is -2.48. The van der Waals surface area contributed by atoms with Crippen LogP contribution in [0.3, 0.4) is 0 Å². The highest BCUT2D eigenvalue weighted by Gasteiger charge is 2.45. The summed E-state index contributed by atoms with van der Waals surface area (Å²) in [5.74, 6) is -3.66. The van der Waals surface area contributed by atoms with Gasteiger partial charge in [-0.1, -0.05) is 39.8 Å². The molecule has 0 aliphatic carbocycles. The van der Waals surface area contributed by atoms with Crippen molar-refractivity contribution in [2.24, 2.45) is 0 Å². The van der Waals surface area contributed by atoms with E-state index >= 15 is 17.6 Å². The number of piperazine rings is 2. The number of anilines is 2. The Morgan fingerprint density at radius 3 is 1.53 bits per heavy atom. The zero-order valence-electron chi connectivity index (χ0n) is 57.0. The highest BCUT2D eigenvalue weighted by atomic mass is 19.1. The van der Waals surface area contributed by atoms with Gasteiger partial charge in [-0.3, -0.25) is 38.8 Å². The third kappa shape index (κ3) is 13.2. The van der Waals surface area contributed by atoms with Crippen molar-refractivity contribution < 1.29 is 60.9 Å². The Balaban J connectivity index is 0.000000211. The molecule has 27 heteroatoms. The van der Waals surface area contributed by atoms with Crippen LogP contribution in [-0.2, 0) is 9.47 Å². The summed E-state index contributed by atoms with van der Waals surface area (Å²) in [5, 5.41) is 23.7. The van der Waals surface area contributed by atoms with Gasteiger partial charge in [-0.05, 0) is 141 Å². The van der Waals surface area contributed by atoms with Crippen LogP contribution in [0, 0.1) is 47.2 Å². The second kappa shape index (κ2) is 26.9. The highest BCUT2D eigenvalue weighted by molar-refractivity contribution is 5.99. The number of halogens is 4. The smallest absolute Gasteiger partial charge is 0.410 e. The van der Waals surface area contributed by atoms with Gasteiger partial charge in [-0.25, -0.2) is 37.1 Å². The zero-order valence-corrected chi connectivity index (χ0v) is 57.0. The summed E-state index contributed by atoms with van der Waals surface area (Å²) in [6.07, 6.45) is 2.13. The van der Waals surface area contributed by atoms with E-state index < -0.39 is 92.8 Å². The minimum Gasteiger partial charge on any atom is -0.496 e. The van der Waals surface area contributed by atoms with E-state index in [4.69, 9.17) is 28.7 Å². The maximum absolute atomic E-state index is 16.4. The van der Waals surface area contributed by atoms with Gasteiger partial charge < -0.3 is 48.4 Å². The minimum atomic E-state index is -1.10. The van der Waals surface area contributed by atoms with Crippen molar-refractivity contribution in [3.63, 3.8) is 0 Å². The quantitative estimate of drug-likeness (QED) is 0.0717. The molecule has 0 bridgehead atoms. The van der Waals surface area contributed by atoms with Crippen LogP contribution in [0.4, 0.5) is 44.2 Å². The largest absolute Gasteiger partial charge is 0.496 e. The molecule has 9 heterocycles. The Hall–Kier alpha value is -9.92. The lowest BCUT2D eigenvalue weighted by Crippen LogP contribution is -2.62. The number of aliphatic hydroxyl groups is 1. The summed E-state index contributed by atoms with van der Waals surface area (Å²) in [4.78, 5) is 92.4.